The van der Waals surface area contributed by atoms with Crippen LogP contribution in [0.5, 0.6) is 0 Å². The summed E-state index contributed by atoms with van der Waals surface area (Å²) in [7, 11) is 0. The molecular weight excluding hydrogens is 356 g/mol. The summed E-state index contributed by atoms with van der Waals surface area (Å²) in [6, 6.07) is 7.57. The van der Waals surface area contributed by atoms with E-state index in [2.05, 4.69) is 20.2 Å². The number of amides is 1. The van der Waals surface area contributed by atoms with Gasteiger partial charge in [-0.2, -0.15) is 0 Å². The highest BCUT2D eigenvalue weighted by atomic mass is 35.5. The van der Waals surface area contributed by atoms with Gasteiger partial charge in [-0.15, -0.1) is 0 Å². The molecule has 5 nitrogen and oxygen atoms in total. The van der Waals surface area contributed by atoms with Gasteiger partial charge in [0.1, 0.15) is 0 Å². The predicted octanol–water partition coefficient (Wildman–Crippen LogP) is 4.08. The molecule has 1 aromatic heterocycles. The van der Waals surface area contributed by atoms with Crippen LogP contribution in [-0.4, -0.2) is 34.7 Å². The summed E-state index contributed by atoms with van der Waals surface area (Å²) in [5.74, 6) is 0.171. The first-order valence-corrected chi connectivity index (χ1v) is 9.67. The maximum atomic E-state index is 12.4. The molecule has 1 aliphatic rings. The zero-order chi connectivity index (χ0) is 17.8. The van der Waals surface area contributed by atoms with Crippen molar-refractivity contribution in [3.05, 3.63) is 40.7 Å². The molecule has 3 rings (SSSR count). The third-order valence-corrected chi connectivity index (χ3v) is 5.06. The summed E-state index contributed by atoms with van der Waals surface area (Å²) in [5.41, 5.74) is 3.60. The van der Waals surface area contributed by atoms with E-state index in [1.165, 1.54) is 24.6 Å². The minimum absolute atomic E-state index is 0.0875. The van der Waals surface area contributed by atoms with Crippen molar-refractivity contribution in [2.24, 2.45) is 0 Å². The molecule has 0 unspecified atom stereocenters. The van der Waals surface area contributed by atoms with Crippen LogP contribution in [0.3, 0.4) is 0 Å². The molecule has 132 valence electrons. The molecule has 1 N–H and O–H groups in total. The van der Waals surface area contributed by atoms with E-state index in [1.54, 1.807) is 0 Å². The van der Waals surface area contributed by atoms with E-state index in [9.17, 15) is 4.79 Å². The van der Waals surface area contributed by atoms with Gasteiger partial charge in [-0.05, 0) is 51.0 Å². The van der Waals surface area contributed by atoms with Gasteiger partial charge in [0, 0.05) is 29.5 Å². The number of halogens is 1. The number of nitrogens with zero attached hydrogens (tertiary/aromatic N) is 3. The van der Waals surface area contributed by atoms with Gasteiger partial charge in [0.05, 0.1) is 17.1 Å². The number of aromatic nitrogens is 2. The predicted molar refractivity (Wildman–Crippen MR) is 104 cm³/mol. The highest BCUT2D eigenvalue weighted by Crippen LogP contribution is 2.31. The van der Waals surface area contributed by atoms with Crippen LogP contribution in [0.4, 0.5) is 11.4 Å². The molecule has 0 bridgehead atoms. The van der Waals surface area contributed by atoms with Crippen molar-refractivity contribution in [2.45, 2.75) is 31.8 Å². The molecule has 1 fully saturated rings. The first kappa shape index (κ1) is 18.0. The van der Waals surface area contributed by atoms with Gasteiger partial charge in [-0.3, -0.25) is 4.79 Å². The fraction of sp³-hybridized carbons (Fsp3) is 0.389. The Labute approximate surface area is 157 Å². The van der Waals surface area contributed by atoms with Crippen LogP contribution in [0.2, 0.25) is 5.02 Å². The van der Waals surface area contributed by atoms with Gasteiger partial charge in [0.15, 0.2) is 5.16 Å². The van der Waals surface area contributed by atoms with Crippen molar-refractivity contribution in [1.29, 1.82) is 0 Å². The Morgan fingerprint density at radius 3 is 2.56 bits per heavy atom. The zero-order valence-electron chi connectivity index (χ0n) is 14.4. The Kier molecular flexibility index (Phi) is 5.81. The first-order valence-electron chi connectivity index (χ1n) is 8.31. The first-order chi connectivity index (χ1) is 12.0. The van der Waals surface area contributed by atoms with Crippen molar-refractivity contribution in [3.8, 4) is 0 Å². The number of thioether (sulfide) groups is 1. The number of hydrogen-bond acceptors (Lipinski definition) is 5. The second-order valence-electron chi connectivity index (χ2n) is 6.13. The molecule has 7 heteroatoms. The summed E-state index contributed by atoms with van der Waals surface area (Å²) in [4.78, 5) is 23.4. The fourth-order valence-electron chi connectivity index (χ4n) is 2.92. The number of hydrogen-bond donors (Lipinski definition) is 1. The Bertz CT molecular complexity index is 757. The van der Waals surface area contributed by atoms with Crippen LogP contribution in [-0.2, 0) is 4.79 Å². The molecule has 0 aliphatic carbocycles. The van der Waals surface area contributed by atoms with E-state index in [-0.39, 0.29) is 11.7 Å². The second kappa shape index (κ2) is 8.06. The van der Waals surface area contributed by atoms with Crippen molar-refractivity contribution < 1.29 is 4.79 Å². The van der Waals surface area contributed by atoms with Crippen LogP contribution >= 0.6 is 23.4 Å². The maximum absolute atomic E-state index is 12.4. The number of anilines is 2. The third-order valence-electron chi connectivity index (χ3n) is 3.97. The van der Waals surface area contributed by atoms with E-state index in [1.807, 2.05) is 38.1 Å². The molecule has 1 aliphatic heterocycles. The van der Waals surface area contributed by atoms with Gasteiger partial charge in [0.2, 0.25) is 5.91 Å². The monoisotopic (exact) mass is 376 g/mol. The van der Waals surface area contributed by atoms with E-state index < -0.39 is 0 Å². The minimum Gasteiger partial charge on any atom is -0.370 e. The molecule has 0 spiro atoms. The molecular formula is C18H21ClN4OS. The third kappa shape index (κ3) is 4.86. The van der Waals surface area contributed by atoms with Gasteiger partial charge >= 0.3 is 0 Å². The summed E-state index contributed by atoms with van der Waals surface area (Å²) < 4.78 is 0. The van der Waals surface area contributed by atoms with E-state index in [0.717, 1.165) is 35.9 Å². The zero-order valence-corrected chi connectivity index (χ0v) is 16.0. The summed E-state index contributed by atoms with van der Waals surface area (Å²) in [5, 5.41) is 4.22. The second-order valence-corrected chi connectivity index (χ2v) is 7.50. The van der Waals surface area contributed by atoms with Gasteiger partial charge < -0.3 is 10.2 Å². The highest BCUT2D eigenvalue weighted by Gasteiger charge is 2.17. The van der Waals surface area contributed by atoms with Gasteiger partial charge in [-0.25, -0.2) is 9.97 Å². The summed E-state index contributed by atoms with van der Waals surface area (Å²) >= 11 is 7.46. The average molecular weight is 377 g/mol. The van der Waals surface area contributed by atoms with Crippen molar-refractivity contribution in [2.75, 3.05) is 29.1 Å². The Hall–Kier alpha value is -1.79. The highest BCUT2D eigenvalue weighted by molar-refractivity contribution is 7.99. The molecule has 1 amide bonds. The van der Waals surface area contributed by atoms with Crippen LogP contribution in [0.1, 0.15) is 24.2 Å². The Morgan fingerprint density at radius 1 is 1.20 bits per heavy atom. The van der Waals surface area contributed by atoms with Gasteiger partial charge in [0.25, 0.3) is 0 Å². The number of aryl methyl sites for hydroxylation is 2. The lowest BCUT2D eigenvalue weighted by molar-refractivity contribution is -0.113. The van der Waals surface area contributed by atoms with E-state index >= 15 is 0 Å². The Morgan fingerprint density at radius 2 is 1.88 bits per heavy atom. The summed E-state index contributed by atoms with van der Waals surface area (Å²) in [6.07, 6.45) is 2.35. The SMILES string of the molecule is Cc1cc(C)nc(SCC(=O)Nc2cc(Cl)ccc2N2CCCC2)n1. The van der Waals surface area contributed by atoms with Crippen molar-refractivity contribution in [3.63, 3.8) is 0 Å². The maximum Gasteiger partial charge on any atom is 0.234 e. The normalized spacial score (nSPS) is 14.0. The molecule has 0 radical (unpaired) electrons. The van der Waals surface area contributed by atoms with Crippen LogP contribution in [0.15, 0.2) is 29.4 Å². The van der Waals surface area contributed by atoms with Crippen molar-refractivity contribution in [1.82, 2.24) is 9.97 Å². The molecule has 25 heavy (non-hydrogen) atoms. The molecule has 2 heterocycles. The minimum atomic E-state index is -0.0875. The number of carbonyl (C=O) groups is 1. The molecule has 1 aromatic carbocycles. The van der Waals surface area contributed by atoms with Gasteiger partial charge in [-0.1, -0.05) is 23.4 Å². The van der Waals surface area contributed by atoms with Crippen LogP contribution in [0, 0.1) is 13.8 Å². The lowest BCUT2D eigenvalue weighted by atomic mass is 10.2. The summed E-state index contributed by atoms with van der Waals surface area (Å²) in [6.45, 7) is 5.87. The van der Waals surface area contributed by atoms with Crippen LogP contribution < -0.4 is 10.2 Å². The fourth-order valence-corrected chi connectivity index (χ4v) is 3.84. The number of benzene rings is 1. The Balaban J connectivity index is 1.67. The topological polar surface area (TPSA) is 58.1 Å². The lowest BCUT2D eigenvalue weighted by Gasteiger charge is -2.21. The molecule has 0 saturated carbocycles. The number of carbonyl (C=O) groups excluding carboxylic acids is 1. The number of nitrogens with one attached hydrogen (secondary N) is 1. The smallest absolute Gasteiger partial charge is 0.234 e. The van der Waals surface area contributed by atoms with E-state index in [4.69, 9.17) is 11.6 Å². The molecule has 2 aromatic rings. The molecule has 1 saturated heterocycles. The largest absolute Gasteiger partial charge is 0.370 e. The average Bonchev–Trinajstić information content (AvgIpc) is 3.06. The van der Waals surface area contributed by atoms with E-state index in [0.29, 0.717) is 10.2 Å². The lowest BCUT2D eigenvalue weighted by Crippen LogP contribution is -2.21. The number of rotatable bonds is 5. The quantitative estimate of drug-likeness (QED) is 0.629. The standard InChI is InChI=1S/C18H21ClN4OS/c1-12-9-13(2)21-18(20-12)25-11-17(24)22-15-10-14(19)5-6-16(15)23-7-3-4-8-23/h5-6,9-10H,3-4,7-8,11H2,1-2H3,(H,22,24). The molecule has 0 atom stereocenters. The van der Waals surface area contributed by atoms with Crippen LogP contribution in [0.25, 0.3) is 0 Å². The van der Waals surface area contributed by atoms with Crippen molar-refractivity contribution >= 4 is 40.6 Å².